The molecule has 0 radical (unpaired) electrons. The topological polar surface area (TPSA) is 49.7 Å². The summed E-state index contributed by atoms with van der Waals surface area (Å²) in [5.41, 5.74) is 0. The molecule has 2 aromatic carbocycles. The maximum atomic E-state index is 7.12. The molecule has 2 N–H and O–H groups in total. The number of rotatable bonds is 2. The molecule has 0 atom stereocenters. The second-order valence-electron chi connectivity index (χ2n) is 2.87. The molecule has 0 saturated heterocycles. The van der Waals surface area contributed by atoms with E-state index in [0.29, 0.717) is 0 Å². The Morgan fingerprint density at radius 1 is 0.688 bits per heavy atom. The Bertz CT molecular complexity index is 340. The third-order valence-corrected chi connectivity index (χ3v) is 1.72. The Labute approximate surface area is 95.3 Å². The van der Waals surface area contributed by atoms with Crippen LogP contribution in [0, 0.1) is 0 Å². The van der Waals surface area contributed by atoms with Crippen molar-refractivity contribution in [3.63, 3.8) is 0 Å². The van der Waals surface area contributed by atoms with Gasteiger partial charge in [0.1, 0.15) is 11.5 Å². The summed E-state index contributed by atoms with van der Waals surface area (Å²) >= 11 is 0. The SMILES string of the molecule is OBO.c1ccc(Oc2ccccc2)cc1. The Hall–Kier alpha value is -1.78. The Morgan fingerprint density at radius 3 is 1.31 bits per heavy atom. The summed E-state index contributed by atoms with van der Waals surface area (Å²) in [4.78, 5) is 0. The predicted molar refractivity (Wildman–Crippen MR) is 64.5 cm³/mol. The molecule has 0 fully saturated rings. The van der Waals surface area contributed by atoms with Gasteiger partial charge in [-0.05, 0) is 24.3 Å². The molecule has 0 heterocycles. The smallest absolute Gasteiger partial charge is 0.432 e. The lowest BCUT2D eigenvalue weighted by atomic mass is 10.3. The van der Waals surface area contributed by atoms with Crippen molar-refractivity contribution in [1.29, 1.82) is 0 Å². The molecule has 2 rings (SSSR count). The van der Waals surface area contributed by atoms with Crippen LogP contribution in [0.15, 0.2) is 60.7 Å². The van der Waals surface area contributed by atoms with Crippen molar-refractivity contribution in [2.24, 2.45) is 0 Å². The van der Waals surface area contributed by atoms with Crippen molar-refractivity contribution in [3.8, 4) is 11.5 Å². The third-order valence-electron chi connectivity index (χ3n) is 1.72. The van der Waals surface area contributed by atoms with E-state index in [0.717, 1.165) is 11.5 Å². The lowest BCUT2D eigenvalue weighted by Gasteiger charge is -2.03. The summed E-state index contributed by atoms with van der Waals surface area (Å²) < 4.78 is 5.58. The van der Waals surface area contributed by atoms with E-state index in [1.165, 1.54) is 0 Å². The molecule has 16 heavy (non-hydrogen) atoms. The van der Waals surface area contributed by atoms with Gasteiger partial charge in [-0.25, -0.2) is 0 Å². The summed E-state index contributed by atoms with van der Waals surface area (Å²) in [6, 6.07) is 19.5. The van der Waals surface area contributed by atoms with Gasteiger partial charge in [-0.3, -0.25) is 0 Å². The molecule has 0 saturated carbocycles. The molecule has 0 aromatic heterocycles. The highest BCUT2D eigenvalue weighted by Crippen LogP contribution is 2.19. The lowest BCUT2D eigenvalue weighted by molar-refractivity contribution is 0.448. The van der Waals surface area contributed by atoms with E-state index in [4.69, 9.17) is 14.8 Å². The third kappa shape index (κ3) is 4.64. The standard InChI is InChI=1S/C12H10O.BH3O2/c1-3-7-11(8-4-1)13-12-9-5-2-6-10-12;2-1-3/h1-10H;1-3H. The fourth-order valence-electron chi connectivity index (χ4n) is 1.11. The van der Waals surface area contributed by atoms with E-state index < -0.39 is 7.69 Å². The zero-order valence-electron chi connectivity index (χ0n) is 8.78. The van der Waals surface area contributed by atoms with Crippen LogP contribution in [0.2, 0.25) is 0 Å². The molecule has 0 aliphatic rings. The van der Waals surface area contributed by atoms with Gasteiger partial charge in [0.25, 0.3) is 0 Å². The maximum Gasteiger partial charge on any atom is 0.432 e. The van der Waals surface area contributed by atoms with Crippen LogP contribution in [0.4, 0.5) is 0 Å². The molecular weight excluding hydrogens is 203 g/mol. The van der Waals surface area contributed by atoms with Gasteiger partial charge in [-0.1, -0.05) is 36.4 Å². The van der Waals surface area contributed by atoms with Crippen LogP contribution in [0.3, 0.4) is 0 Å². The van der Waals surface area contributed by atoms with E-state index in [-0.39, 0.29) is 0 Å². The summed E-state index contributed by atoms with van der Waals surface area (Å²) in [6.07, 6.45) is 0. The van der Waals surface area contributed by atoms with Crippen LogP contribution in [-0.4, -0.2) is 17.7 Å². The van der Waals surface area contributed by atoms with Gasteiger partial charge in [0.05, 0.1) is 0 Å². The van der Waals surface area contributed by atoms with Gasteiger partial charge in [0.2, 0.25) is 0 Å². The minimum absolute atomic E-state index is 0.750. The number of benzene rings is 2. The fourth-order valence-corrected chi connectivity index (χ4v) is 1.11. The Morgan fingerprint density at radius 2 is 1.00 bits per heavy atom. The van der Waals surface area contributed by atoms with Crippen molar-refractivity contribution in [2.75, 3.05) is 0 Å². The van der Waals surface area contributed by atoms with Crippen molar-refractivity contribution < 1.29 is 14.8 Å². The lowest BCUT2D eigenvalue weighted by Crippen LogP contribution is -1.81. The van der Waals surface area contributed by atoms with Crippen LogP contribution < -0.4 is 4.74 Å². The molecule has 3 nitrogen and oxygen atoms in total. The first-order valence-corrected chi connectivity index (χ1v) is 4.86. The number of para-hydroxylation sites is 2. The van der Waals surface area contributed by atoms with E-state index >= 15 is 0 Å². The number of ether oxygens (including phenoxy) is 1. The highest BCUT2D eigenvalue weighted by molar-refractivity contribution is 6.13. The van der Waals surface area contributed by atoms with Gasteiger partial charge < -0.3 is 14.8 Å². The molecule has 0 unspecified atom stereocenters. The highest BCUT2D eigenvalue weighted by atomic mass is 16.5. The van der Waals surface area contributed by atoms with Crippen molar-refractivity contribution >= 4 is 7.69 Å². The van der Waals surface area contributed by atoms with Gasteiger partial charge in [-0.2, -0.15) is 0 Å². The van der Waals surface area contributed by atoms with Crippen molar-refractivity contribution in [1.82, 2.24) is 0 Å². The minimum Gasteiger partial charge on any atom is -0.457 e. The van der Waals surface area contributed by atoms with Crippen LogP contribution in [0.1, 0.15) is 0 Å². The summed E-state index contributed by atoms with van der Waals surface area (Å²) in [5, 5.41) is 14.2. The normalized spacial score (nSPS) is 8.62. The van der Waals surface area contributed by atoms with E-state index in [1.54, 1.807) is 0 Å². The zero-order valence-corrected chi connectivity index (χ0v) is 8.78. The zero-order chi connectivity index (χ0) is 11.6. The van der Waals surface area contributed by atoms with Crippen LogP contribution in [-0.2, 0) is 0 Å². The molecule has 0 bridgehead atoms. The molecule has 0 aliphatic heterocycles. The van der Waals surface area contributed by atoms with Gasteiger partial charge in [0.15, 0.2) is 0 Å². The number of hydrogen-bond donors (Lipinski definition) is 2. The highest BCUT2D eigenvalue weighted by Gasteiger charge is 1.92. The summed E-state index contributed by atoms with van der Waals surface area (Å²) in [6.45, 7) is 0. The average Bonchev–Trinajstić information content (AvgIpc) is 2.33. The number of hydrogen-bond acceptors (Lipinski definition) is 3. The fraction of sp³-hybridized carbons (Fsp3) is 0. The molecule has 82 valence electrons. The van der Waals surface area contributed by atoms with Gasteiger partial charge in [0, 0.05) is 0 Å². The second-order valence-corrected chi connectivity index (χ2v) is 2.87. The van der Waals surface area contributed by atoms with E-state index in [9.17, 15) is 0 Å². The first-order valence-electron chi connectivity index (χ1n) is 4.86. The van der Waals surface area contributed by atoms with Crippen molar-refractivity contribution in [3.05, 3.63) is 60.7 Å². The van der Waals surface area contributed by atoms with Gasteiger partial charge >= 0.3 is 7.69 Å². The Kier molecular flexibility index (Phi) is 5.77. The van der Waals surface area contributed by atoms with E-state index in [1.807, 2.05) is 60.7 Å². The second kappa shape index (κ2) is 7.51. The predicted octanol–water partition coefficient (Wildman–Crippen LogP) is 1.72. The van der Waals surface area contributed by atoms with Crippen molar-refractivity contribution in [2.45, 2.75) is 0 Å². The monoisotopic (exact) mass is 216 g/mol. The molecule has 0 aliphatic carbocycles. The van der Waals surface area contributed by atoms with Gasteiger partial charge in [-0.15, -0.1) is 0 Å². The van der Waals surface area contributed by atoms with Crippen LogP contribution in [0.5, 0.6) is 11.5 Å². The molecule has 0 spiro atoms. The summed E-state index contributed by atoms with van der Waals surface area (Å²) in [5.74, 6) is 1.74. The molecule has 4 heteroatoms. The van der Waals surface area contributed by atoms with E-state index in [2.05, 4.69) is 0 Å². The maximum absolute atomic E-state index is 7.12. The van der Waals surface area contributed by atoms with Crippen LogP contribution in [0.25, 0.3) is 0 Å². The molecule has 0 amide bonds. The molecular formula is C12H13BO3. The first kappa shape index (κ1) is 12.3. The Balaban J connectivity index is 0.000000386. The minimum atomic E-state index is -0.750. The average molecular weight is 216 g/mol. The summed E-state index contributed by atoms with van der Waals surface area (Å²) in [7, 11) is -0.750. The molecule has 2 aromatic rings. The quantitative estimate of drug-likeness (QED) is 0.751. The largest absolute Gasteiger partial charge is 0.457 e. The van der Waals surface area contributed by atoms with Crippen LogP contribution >= 0.6 is 0 Å². The first-order chi connectivity index (χ1) is 7.86.